The van der Waals surface area contributed by atoms with Gasteiger partial charge in [-0.25, -0.2) is 0 Å². The van der Waals surface area contributed by atoms with Crippen LogP contribution in [0.3, 0.4) is 0 Å². The summed E-state index contributed by atoms with van der Waals surface area (Å²) in [7, 11) is 0. The van der Waals surface area contributed by atoms with Gasteiger partial charge in [0.25, 0.3) is 0 Å². The van der Waals surface area contributed by atoms with Crippen molar-refractivity contribution in [2.45, 2.75) is 6.36 Å². The number of rotatable bonds is 3. The van der Waals surface area contributed by atoms with Gasteiger partial charge in [0, 0.05) is 6.07 Å². The Balaban J connectivity index is 2.20. The van der Waals surface area contributed by atoms with Crippen molar-refractivity contribution in [1.29, 1.82) is 0 Å². The molecule has 2 rings (SSSR count). The van der Waals surface area contributed by atoms with Gasteiger partial charge in [-0.15, -0.1) is 13.2 Å². The zero-order chi connectivity index (χ0) is 14.8. The van der Waals surface area contributed by atoms with Crippen molar-refractivity contribution in [3.8, 4) is 17.2 Å². The molecule has 0 aliphatic rings. The maximum absolute atomic E-state index is 12.1. The molecular formula is C14H9ClF3O2. The summed E-state index contributed by atoms with van der Waals surface area (Å²) >= 11 is 5.87. The molecule has 20 heavy (non-hydrogen) atoms. The first-order chi connectivity index (χ1) is 9.35. The fourth-order valence-corrected chi connectivity index (χ4v) is 1.69. The monoisotopic (exact) mass is 301 g/mol. The number of hydrogen-bond acceptors (Lipinski definition) is 2. The van der Waals surface area contributed by atoms with Crippen LogP contribution >= 0.6 is 11.6 Å². The van der Waals surface area contributed by atoms with E-state index in [-0.39, 0.29) is 10.8 Å². The molecule has 0 saturated heterocycles. The first-order valence-electron chi connectivity index (χ1n) is 5.49. The smallest absolute Gasteiger partial charge is 0.456 e. The zero-order valence-electron chi connectivity index (χ0n) is 10.1. The third kappa shape index (κ3) is 3.81. The molecule has 2 aromatic rings. The summed E-state index contributed by atoms with van der Waals surface area (Å²) in [4.78, 5) is 0. The number of para-hydroxylation sites is 1. The SMILES string of the molecule is [CH2]c1ccccc1Oc1ccc(OC(F)(F)F)cc1Cl. The van der Waals surface area contributed by atoms with E-state index in [0.29, 0.717) is 11.3 Å². The largest absolute Gasteiger partial charge is 0.573 e. The average molecular weight is 302 g/mol. The third-order valence-corrected chi connectivity index (χ3v) is 2.62. The van der Waals surface area contributed by atoms with Crippen LogP contribution in [0.15, 0.2) is 42.5 Å². The van der Waals surface area contributed by atoms with Gasteiger partial charge in [-0.05, 0) is 30.7 Å². The third-order valence-electron chi connectivity index (χ3n) is 2.33. The molecule has 6 heteroatoms. The second-order valence-electron chi connectivity index (χ2n) is 3.85. The van der Waals surface area contributed by atoms with Gasteiger partial charge >= 0.3 is 6.36 Å². The number of benzene rings is 2. The molecule has 0 N–H and O–H groups in total. The Hall–Kier alpha value is -1.88. The minimum Gasteiger partial charge on any atom is -0.456 e. The summed E-state index contributed by atoms with van der Waals surface area (Å²) in [5.41, 5.74) is 0.638. The van der Waals surface area contributed by atoms with Crippen molar-refractivity contribution in [3.63, 3.8) is 0 Å². The molecule has 0 fully saturated rings. The maximum Gasteiger partial charge on any atom is 0.573 e. The van der Waals surface area contributed by atoms with E-state index in [2.05, 4.69) is 11.7 Å². The standard InChI is InChI=1S/C14H9ClF3O2/c1-9-4-2-3-5-12(9)19-13-7-6-10(8-11(13)15)20-14(16,17)18/h2-8H,1H2. The van der Waals surface area contributed by atoms with Crippen LogP contribution in [0.25, 0.3) is 0 Å². The summed E-state index contributed by atoms with van der Waals surface area (Å²) in [6, 6.07) is 10.4. The van der Waals surface area contributed by atoms with Crippen LogP contribution in [0, 0.1) is 6.92 Å². The molecule has 1 radical (unpaired) electrons. The molecule has 0 atom stereocenters. The number of halogens is 4. The molecule has 0 heterocycles. The fraction of sp³-hybridized carbons (Fsp3) is 0.0714. The fourth-order valence-electron chi connectivity index (χ4n) is 1.48. The van der Waals surface area contributed by atoms with E-state index in [9.17, 15) is 13.2 Å². The average Bonchev–Trinajstić information content (AvgIpc) is 2.33. The van der Waals surface area contributed by atoms with Crippen molar-refractivity contribution < 1.29 is 22.6 Å². The van der Waals surface area contributed by atoms with Gasteiger partial charge in [-0.3, -0.25) is 0 Å². The Morgan fingerprint density at radius 1 is 1.00 bits per heavy atom. The van der Waals surface area contributed by atoms with E-state index in [0.717, 1.165) is 12.1 Å². The van der Waals surface area contributed by atoms with Gasteiger partial charge in [0.1, 0.15) is 17.2 Å². The minimum absolute atomic E-state index is 0.00926. The van der Waals surface area contributed by atoms with Crippen molar-refractivity contribution in [1.82, 2.24) is 0 Å². The van der Waals surface area contributed by atoms with Crippen LogP contribution in [-0.4, -0.2) is 6.36 Å². The van der Waals surface area contributed by atoms with Gasteiger partial charge in [0.2, 0.25) is 0 Å². The van der Waals surface area contributed by atoms with E-state index >= 15 is 0 Å². The summed E-state index contributed by atoms with van der Waals surface area (Å²) in [5, 5.41) is 0.00926. The Labute approximate surface area is 118 Å². The topological polar surface area (TPSA) is 18.5 Å². The quantitative estimate of drug-likeness (QED) is 0.774. The molecule has 0 saturated carbocycles. The minimum atomic E-state index is -4.76. The predicted molar refractivity (Wildman–Crippen MR) is 69.1 cm³/mol. The Morgan fingerprint density at radius 3 is 2.30 bits per heavy atom. The molecule has 2 aromatic carbocycles. The van der Waals surface area contributed by atoms with Crippen molar-refractivity contribution in [3.05, 3.63) is 60.0 Å². The summed E-state index contributed by atoms with van der Waals surface area (Å²) < 4.78 is 45.5. The number of ether oxygens (including phenoxy) is 2. The van der Waals surface area contributed by atoms with Crippen LogP contribution in [0.2, 0.25) is 5.02 Å². The lowest BCUT2D eigenvalue weighted by Crippen LogP contribution is -2.17. The van der Waals surface area contributed by atoms with E-state index in [1.807, 2.05) is 0 Å². The van der Waals surface area contributed by atoms with Crippen molar-refractivity contribution in [2.75, 3.05) is 0 Å². The van der Waals surface area contributed by atoms with Gasteiger partial charge in [-0.2, -0.15) is 0 Å². The molecule has 0 amide bonds. The highest BCUT2D eigenvalue weighted by Gasteiger charge is 2.31. The lowest BCUT2D eigenvalue weighted by molar-refractivity contribution is -0.274. The second kappa shape index (κ2) is 5.63. The van der Waals surface area contributed by atoms with Gasteiger partial charge in [-0.1, -0.05) is 29.8 Å². The highest BCUT2D eigenvalue weighted by atomic mass is 35.5. The first-order valence-corrected chi connectivity index (χ1v) is 5.87. The van der Waals surface area contributed by atoms with Crippen LogP contribution < -0.4 is 9.47 Å². The molecule has 105 valence electrons. The van der Waals surface area contributed by atoms with Gasteiger partial charge in [0.15, 0.2) is 0 Å². The summed E-state index contributed by atoms with van der Waals surface area (Å²) in [6.07, 6.45) is -4.76. The lowest BCUT2D eigenvalue weighted by atomic mass is 10.2. The number of hydrogen-bond donors (Lipinski definition) is 0. The van der Waals surface area contributed by atoms with E-state index < -0.39 is 12.1 Å². The predicted octanol–water partition coefficient (Wildman–Crippen LogP) is 5.21. The molecule has 2 nitrogen and oxygen atoms in total. The molecule has 0 aliphatic carbocycles. The van der Waals surface area contributed by atoms with Crippen LogP contribution in [0.1, 0.15) is 5.56 Å². The van der Waals surface area contributed by atoms with Gasteiger partial charge < -0.3 is 9.47 Å². The van der Waals surface area contributed by atoms with E-state index in [1.165, 1.54) is 6.07 Å². The molecule has 0 aromatic heterocycles. The summed E-state index contributed by atoms with van der Waals surface area (Å²) in [6.45, 7) is 3.77. The molecule has 0 bridgehead atoms. The Kier molecular flexibility index (Phi) is 4.09. The molecular weight excluding hydrogens is 293 g/mol. The van der Waals surface area contributed by atoms with Gasteiger partial charge in [0.05, 0.1) is 5.02 Å². The van der Waals surface area contributed by atoms with E-state index in [4.69, 9.17) is 16.3 Å². The molecule has 0 spiro atoms. The first kappa shape index (κ1) is 14.5. The summed E-state index contributed by atoms with van der Waals surface area (Å²) in [5.74, 6) is 0.286. The maximum atomic E-state index is 12.1. The molecule has 0 aliphatic heterocycles. The highest BCUT2D eigenvalue weighted by Crippen LogP contribution is 2.35. The number of alkyl halides is 3. The van der Waals surface area contributed by atoms with Crippen LogP contribution in [0.5, 0.6) is 17.2 Å². The second-order valence-corrected chi connectivity index (χ2v) is 4.26. The van der Waals surface area contributed by atoms with Crippen LogP contribution in [-0.2, 0) is 0 Å². The van der Waals surface area contributed by atoms with Crippen LogP contribution in [0.4, 0.5) is 13.2 Å². The normalized spacial score (nSPS) is 11.2. The lowest BCUT2D eigenvalue weighted by Gasteiger charge is -2.12. The Bertz CT molecular complexity index is 612. The molecule has 0 unspecified atom stereocenters. The zero-order valence-corrected chi connectivity index (χ0v) is 10.8. The Morgan fingerprint density at radius 2 is 1.70 bits per heavy atom. The van der Waals surface area contributed by atoms with E-state index in [1.54, 1.807) is 24.3 Å². The highest BCUT2D eigenvalue weighted by molar-refractivity contribution is 6.32. The van der Waals surface area contributed by atoms with Crippen molar-refractivity contribution >= 4 is 11.6 Å². The van der Waals surface area contributed by atoms with Crippen molar-refractivity contribution in [2.24, 2.45) is 0 Å².